The number of benzene rings is 1. The third-order valence-electron chi connectivity index (χ3n) is 3.06. The summed E-state index contributed by atoms with van der Waals surface area (Å²) < 4.78 is 40.8. The van der Waals surface area contributed by atoms with E-state index in [1.165, 1.54) is 12.1 Å². The number of aryl methyl sites for hydroxylation is 2. The molecule has 0 radical (unpaired) electrons. The van der Waals surface area contributed by atoms with Crippen LogP contribution in [0.1, 0.15) is 31.4 Å². The van der Waals surface area contributed by atoms with Gasteiger partial charge in [-0.05, 0) is 49.4 Å². The molecule has 1 aromatic carbocycles. The third-order valence-corrected chi connectivity index (χ3v) is 4.88. The summed E-state index contributed by atoms with van der Waals surface area (Å²) in [5.41, 5.74) is 6.42. The molecule has 0 amide bonds. The van der Waals surface area contributed by atoms with Crippen LogP contribution in [0.15, 0.2) is 17.0 Å². The van der Waals surface area contributed by atoms with E-state index in [0.717, 1.165) is 0 Å². The second-order valence-electron chi connectivity index (χ2n) is 5.55. The molecule has 114 valence electrons. The molecule has 0 saturated heterocycles. The summed E-state index contributed by atoms with van der Waals surface area (Å²) in [4.78, 5) is 0.140. The lowest BCUT2D eigenvalue weighted by Gasteiger charge is -2.20. The van der Waals surface area contributed by atoms with Crippen LogP contribution in [0.5, 0.6) is 0 Å². The zero-order valence-electron chi connectivity index (χ0n) is 12.4. The molecule has 0 heterocycles. The van der Waals surface area contributed by atoms with Crippen molar-refractivity contribution in [3.63, 3.8) is 0 Å². The average Bonchev–Trinajstić information content (AvgIpc) is 2.24. The Bertz CT molecular complexity index is 548. The quantitative estimate of drug-likeness (QED) is 0.845. The van der Waals surface area contributed by atoms with E-state index in [4.69, 9.17) is 5.73 Å². The maximum absolute atomic E-state index is 13.3. The summed E-state index contributed by atoms with van der Waals surface area (Å²) in [5.74, 6) is -0.0989. The third kappa shape index (κ3) is 4.26. The van der Waals surface area contributed by atoms with Crippen LogP contribution in [0.2, 0.25) is 0 Å². The van der Waals surface area contributed by atoms with E-state index in [1.54, 1.807) is 13.8 Å². The van der Waals surface area contributed by atoms with Crippen LogP contribution in [0, 0.1) is 25.6 Å². The Hall–Kier alpha value is -0.980. The van der Waals surface area contributed by atoms with E-state index in [2.05, 4.69) is 4.72 Å². The van der Waals surface area contributed by atoms with E-state index in [1.807, 2.05) is 13.8 Å². The Balaban J connectivity index is 3.11. The molecule has 0 bridgehead atoms. The van der Waals surface area contributed by atoms with E-state index < -0.39 is 15.8 Å². The van der Waals surface area contributed by atoms with Gasteiger partial charge < -0.3 is 5.73 Å². The summed E-state index contributed by atoms with van der Waals surface area (Å²) in [6.45, 7) is 7.42. The van der Waals surface area contributed by atoms with Gasteiger partial charge in [-0.25, -0.2) is 17.5 Å². The highest BCUT2D eigenvalue weighted by Gasteiger charge is 2.24. The van der Waals surface area contributed by atoms with Gasteiger partial charge in [-0.2, -0.15) is 0 Å². The molecule has 0 aliphatic heterocycles. The van der Waals surface area contributed by atoms with Crippen LogP contribution in [-0.4, -0.2) is 21.0 Å². The molecular formula is C14H23FN2O2S. The fourth-order valence-corrected chi connectivity index (χ4v) is 4.08. The van der Waals surface area contributed by atoms with Gasteiger partial charge in [-0.1, -0.05) is 13.8 Å². The molecule has 1 unspecified atom stereocenters. The molecule has 1 atom stereocenters. The molecule has 0 spiro atoms. The maximum atomic E-state index is 13.3. The van der Waals surface area contributed by atoms with Gasteiger partial charge in [-0.15, -0.1) is 0 Å². The standard InChI is InChI=1S/C14H23FN2O2S/c1-9(2)5-13(8-16)17-20(18,19)14-10(3)6-12(15)7-11(14)4/h6-7,9,13,17H,5,8,16H2,1-4H3. The molecule has 0 aliphatic carbocycles. The first-order chi connectivity index (χ1) is 9.17. The summed E-state index contributed by atoms with van der Waals surface area (Å²) in [6, 6.07) is 2.13. The Labute approximate surface area is 120 Å². The summed E-state index contributed by atoms with van der Waals surface area (Å²) >= 11 is 0. The maximum Gasteiger partial charge on any atom is 0.241 e. The van der Waals surface area contributed by atoms with Crippen molar-refractivity contribution < 1.29 is 12.8 Å². The predicted octanol–water partition coefficient (Wildman–Crippen LogP) is 2.09. The second kappa shape index (κ2) is 6.65. The molecule has 20 heavy (non-hydrogen) atoms. The number of hydrogen-bond donors (Lipinski definition) is 2. The molecule has 0 aliphatic rings. The molecular weight excluding hydrogens is 279 g/mol. The van der Waals surface area contributed by atoms with Crippen molar-refractivity contribution >= 4 is 10.0 Å². The van der Waals surface area contributed by atoms with Gasteiger partial charge in [0, 0.05) is 12.6 Å². The highest BCUT2D eigenvalue weighted by Crippen LogP contribution is 2.22. The Morgan fingerprint density at radius 1 is 1.25 bits per heavy atom. The van der Waals surface area contributed by atoms with Crippen LogP contribution >= 0.6 is 0 Å². The van der Waals surface area contributed by atoms with Crippen LogP contribution in [0.3, 0.4) is 0 Å². The van der Waals surface area contributed by atoms with Gasteiger partial charge in [0.1, 0.15) is 5.82 Å². The molecule has 0 aromatic heterocycles. The fraction of sp³-hybridized carbons (Fsp3) is 0.571. The van der Waals surface area contributed by atoms with Crippen LogP contribution in [0.4, 0.5) is 4.39 Å². The zero-order chi connectivity index (χ0) is 15.5. The van der Waals surface area contributed by atoms with E-state index in [9.17, 15) is 12.8 Å². The first kappa shape index (κ1) is 17.1. The highest BCUT2D eigenvalue weighted by molar-refractivity contribution is 7.89. The fourth-order valence-electron chi connectivity index (χ4n) is 2.36. The lowest BCUT2D eigenvalue weighted by atomic mass is 10.1. The predicted molar refractivity (Wildman–Crippen MR) is 78.5 cm³/mol. The molecule has 1 rings (SSSR count). The van der Waals surface area contributed by atoms with Crippen molar-refractivity contribution in [2.45, 2.75) is 45.1 Å². The Morgan fingerprint density at radius 2 is 1.75 bits per heavy atom. The minimum absolute atomic E-state index is 0.140. The van der Waals surface area contributed by atoms with Crippen molar-refractivity contribution in [3.8, 4) is 0 Å². The van der Waals surface area contributed by atoms with Gasteiger partial charge >= 0.3 is 0 Å². The van der Waals surface area contributed by atoms with E-state index in [0.29, 0.717) is 23.5 Å². The van der Waals surface area contributed by atoms with Crippen molar-refractivity contribution in [1.82, 2.24) is 4.72 Å². The summed E-state index contributed by atoms with van der Waals surface area (Å²) in [5, 5.41) is 0. The molecule has 6 heteroatoms. The first-order valence-corrected chi connectivity index (χ1v) is 8.14. The largest absolute Gasteiger partial charge is 0.329 e. The van der Waals surface area contributed by atoms with Crippen molar-refractivity contribution in [2.24, 2.45) is 11.7 Å². The summed E-state index contributed by atoms with van der Waals surface area (Å²) in [6.07, 6.45) is 0.662. The van der Waals surface area contributed by atoms with Crippen molar-refractivity contribution in [2.75, 3.05) is 6.54 Å². The van der Waals surface area contributed by atoms with Gasteiger partial charge in [0.05, 0.1) is 4.90 Å². The number of hydrogen-bond acceptors (Lipinski definition) is 3. The summed E-state index contributed by atoms with van der Waals surface area (Å²) in [7, 11) is -3.69. The topological polar surface area (TPSA) is 72.2 Å². The number of sulfonamides is 1. The molecule has 0 fully saturated rings. The van der Waals surface area contributed by atoms with Gasteiger partial charge in [0.2, 0.25) is 10.0 Å². The lowest BCUT2D eigenvalue weighted by molar-refractivity contribution is 0.464. The minimum atomic E-state index is -3.69. The first-order valence-electron chi connectivity index (χ1n) is 6.66. The molecule has 4 nitrogen and oxygen atoms in total. The minimum Gasteiger partial charge on any atom is -0.329 e. The number of rotatable bonds is 6. The van der Waals surface area contributed by atoms with Crippen molar-refractivity contribution in [3.05, 3.63) is 29.1 Å². The second-order valence-corrected chi connectivity index (χ2v) is 7.20. The van der Waals surface area contributed by atoms with Crippen LogP contribution < -0.4 is 10.5 Å². The lowest BCUT2D eigenvalue weighted by Crippen LogP contribution is -2.41. The highest BCUT2D eigenvalue weighted by atomic mass is 32.2. The van der Waals surface area contributed by atoms with E-state index >= 15 is 0 Å². The number of nitrogens with one attached hydrogen (secondary N) is 1. The average molecular weight is 302 g/mol. The van der Waals surface area contributed by atoms with Gasteiger partial charge in [0.15, 0.2) is 0 Å². The van der Waals surface area contributed by atoms with E-state index in [-0.39, 0.29) is 17.5 Å². The normalized spacial score (nSPS) is 13.8. The van der Waals surface area contributed by atoms with Gasteiger partial charge in [0.25, 0.3) is 0 Å². The van der Waals surface area contributed by atoms with Crippen LogP contribution in [0.25, 0.3) is 0 Å². The smallest absolute Gasteiger partial charge is 0.241 e. The Kier molecular flexibility index (Phi) is 5.68. The number of halogens is 1. The monoisotopic (exact) mass is 302 g/mol. The molecule has 1 aromatic rings. The Morgan fingerprint density at radius 3 is 2.15 bits per heavy atom. The van der Waals surface area contributed by atoms with Gasteiger partial charge in [-0.3, -0.25) is 0 Å². The zero-order valence-corrected chi connectivity index (χ0v) is 13.2. The molecule has 3 N–H and O–H groups in total. The van der Waals surface area contributed by atoms with Crippen molar-refractivity contribution in [1.29, 1.82) is 0 Å². The van der Waals surface area contributed by atoms with Crippen LogP contribution in [-0.2, 0) is 10.0 Å². The molecule has 0 saturated carbocycles. The number of nitrogens with two attached hydrogens (primary N) is 1. The SMILES string of the molecule is Cc1cc(F)cc(C)c1S(=O)(=O)NC(CN)CC(C)C.